The summed E-state index contributed by atoms with van der Waals surface area (Å²) in [6.07, 6.45) is 6.11. The molecule has 2 aromatic rings. The summed E-state index contributed by atoms with van der Waals surface area (Å²) in [5.41, 5.74) is 1.06. The molecule has 4 nitrogen and oxygen atoms in total. The van der Waals surface area contributed by atoms with Crippen molar-refractivity contribution in [3.8, 4) is 0 Å². The van der Waals surface area contributed by atoms with E-state index >= 15 is 0 Å². The van der Waals surface area contributed by atoms with E-state index in [-0.39, 0.29) is 12.0 Å². The fourth-order valence-electron chi connectivity index (χ4n) is 3.84. The highest BCUT2D eigenvalue weighted by Crippen LogP contribution is 2.22. The number of benzene rings is 2. The number of carbonyl (C=O) groups excluding carboxylic acids is 1. The number of fused-ring (bicyclic) bond motifs is 2. The maximum absolute atomic E-state index is 12.2. The average Bonchev–Trinajstić information content (AvgIpc) is 3.12. The Morgan fingerprint density at radius 2 is 2.12 bits per heavy atom. The first-order chi connectivity index (χ1) is 12.3. The SMILES string of the molecule is O=C(C=Cc1cccc2ccccc12)NCC1CN2CCCC2CO1. The molecule has 1 amide bonds. The van der Waals surface area contributed by atoms with Gasteiger partial charge in [-0.1, -0.05) is 42.5 Å². The summed E-state index contributed by atoms with van der Waals surface area (Å²) in [6, 6.07) is 14.9. The van der Waals surface area contributed by atoms with Gasteiger partial charge in [-0.15, -0.1) is 0 Å². The fraction of sp³-hybridized carbons (Fsp3) is 0.381. The van der Waals surface area contributed by atoms with E-state index in [1.54, 1.807) is 6.08 Å². The zero-order valence-electron chi connectivity index (χ0n) is 14.4. The van der Waals surface area contributed by atoms with E-state index < -0.39 is 0 Å². The van der Waals surface area contributed by atoms with E-state index in [1.165, 1.54) is 24.8 Å². The molecule has 0 bridgehead atoms. The second-order valence-corrected chi connectivity index (χ2v) is 6.89. The summed E-state index contributed by atoms with van der Waals surface area (Å²) in [7, 11) is 0. The summed E-state index contributed by atoms with van der Waals surface area (Å²) in [5.74, 6) is -0.0694. The molecule has 2 aromatic carbocycles. The third-order valence-corrected chi connectivity index (χ3v) is 5.20. The summed E-state index contributed by atoms with van der Waals surface area (Å²) < 4.78 is 5.88. The molecule has 2 aliphatic rings. The molecule has 1 N–H and O–H groups in total. The van der Waals surface area contributed by atoms with Crippen LogP contribution in [0.15, 0.2) is 48.5 Å². The number of morpholine rings is 1. The lowest BCUT2D eigenvalue weighted by Gasteiger charge is -2.35. The molecule has 2 atom stereocenters. The predicted molar refractivity (Wildman–Crippen MR) is 100 cm³/mol. The lowest BCUT2D eigenvalue weighted by molar-refractivity contribution is -0.117. The van der Waals surface area contributed by atoms with Gasteiger partial charge in [0.15, 0.2) is 0 Å². The average molecular weight is 336 g/mol. The number of rotatable bonds is 4. The van der Waals surface area contributed by atoms with E-state index in [2.05, 4.69) is 28.4 Å². The topological polar surface area (TPSA) is 41.6 Å². The Hall–Kier alpha value is -2.17. The van der Waals surface area contributed by atoms with Crippen LogP contribution in [0.2, 0.25) is 0 Å². The maximum Gasteiger partial charge on any atom is 0.244 e. The molecule has 0 saturated carbocycles. The Labute approximate surface area is 148 Å². The number of carbonyl (C=O) groups is 1. The summed E-state index contributed by atoms with van der Waals surface area (Å²) in [6.45, 7) is 3.46. The van der Waals surface area contributed by atoms with Crippen molar-refractivity contribution >= 4 is 22.8 Å². The van der Waals surface area contributed by atoms with Crippen molar-refractivity contribution in [1.29, 1.82) is 0 Å². The fourth-order valence-corrected chi connectivity index (χ4v) is 3.84. The summed E-state index contributed by atoms with van der Waals surface area (Å²) in [4.78, 5) is 14.6. The third kappa shape index (κ3) is 3.75. The quantitative estimate of drug-likeness (QED) is 0.873. The van der Waals surface area contributed by atoms with E-state index in [1.807, 2.05) is 30.3 Å². The molecule has 130 valence electrons. The van der Waals surface area contributed by atoms with Gasteiger partial charge in [-0.05, 0) is 41.8 Å². The highest BCUT2D eigenvalue weighted by Gasteiger charge is 2.32. The molecule has 2 saturated heterocycles. The summed E-state index contributed by atoms with van der Waals surface area (Å²) in [5, 5.41) is 5.31. The number of amides is 1. The van der Waals surface area contributed by atoms with Gasteiger partial charge in [0.1, 0.15) is 0 Å². The standard InChI is InChI=1S/C21H24N2O2/c24-21(22-13-19-14-23-12-4-8-18(23)15-25-19)11-10-17-7-3-6-16-5-1-2-9-20(16)17/h1-3,5-7,9-11,18-19H,4,8,12-15H2,(H,22,24). The molecule has 2 fully saturated rings. The molecule has 0 aliphatic carbocycles. The second kappa shape index (κ2) is 7.38. The molecule has 0 aromatic heterocycles. The third-order valence-electron chi connectivity index (χ3n) is 5.20. The van der Waals surface area contributed by atoms with Gasteiger partial charge in [-0.25, -0.2) is 0 Å². The number of nitrogens with zero attached hydrogens (tertiary/aromatic N) is 1. The van der Waals surface area contributed by atoms with Gasteiger partial charge >= 0.3 is 0 Å². The minimum Gasteiger partial charge on any atom is -0.373 e. The van der Waals surface area contributed by atoms with E-state index in [0.29, 0.717) is 12.6 Å². The predicted octanol–water partition coefficient (Wildman–Crippen LogP) is 2.83. The highest BCUT2D eigenvalue weighted by molar-refractivity contribution is 5.96. The van der Waals surface area contributed by atoms with Crippen LogP contribution in [0.1, 0.15) is 18.4 Å². The monoisotopic (exact) mass is 336 g/mol. The Balaban J connectivity index is 1.33. The molecule has 4 heteroatoms. The smallest absolute Gasteiger partial charge is 0.244 e. The molecule has 0 radical (unpaired) electrons. The molecule has 2 heterocycles. The lowest BCUT2D eigenvalue weighted by Crippen LogP contribution is -2.49. The van der Waals surface area contributed by atoms with Crippen molar-refractivity contribution < 1.29 is 9.53 Å². The summed E-state index contributed by atoms with van der Waals surface area (Å²) >= 11 is 0. The van der Waals surface area contributed by atoms with Crippen LogP contribution in [-0.2, 0) is 9.53 Å². The van der Waals surface area contributed by atoms with Crippen molar-refractivity contribution in [3.63, 3.8) is 0 Å². The van der Waals surface area contributed by atoms with Crippen LogP contribution in [-0.4, -0.2) is 49.2 Å². The van der Waals surface area contributed by atoms with Crippen LogP contribution in [0.3, 0.4) is 0 Å². The van der Waals surface area contributed by atoms with Crippen molar-refractivity contribution in [2.45, 2.75) is 25.0 Å². The molecule has 25 heavy (non-hydrogen) atoms. The molecular formula is C21H24N2O2. The molecule has 0 spiro atoms. The van der Waals surface area contributed by atoms with Crippen LogP contribution in [0.5, 0.6) is 0 Å². The van der Waals surface area contributed by atoms with Gasteiger partial charge in [0.2, 0.25) is 5.91 Å². The first kappa shape index (κ1) is 16.3. The highest BCUT2D eigenvalue weighted by atomic mass is 16.5. The van der Waals surface area contributed by atoms with E-state index in [0.717, 1.165) is 24.1 Å². The van der Waals surface area contributed by atoms with Crippen LogP contribution in [0, 0.1) is 0 Å². The Morgan fingerprint density at radius 1 is 1.24 bits per heavy atom. The van der Waals surface area contributed by atoms with Gasteiger partial charge in [0.05, 0.1) is 12.7 Å². The first-order valence-corrected chi connectivity index (χ1v) is 9.09. The van der Waals surface area contributed by atoms with Gasteiger partial charge in [0, 0.05) is 25.2 Å². The van der Waals surface area contributed by atoms with Gasteiger partial charge in [0.25, 0.3) is 0 Å². The molecular weight excluding hydrogens is 312 g/mol. The number of ether oxygens (including phenoxy) is 1. The van der Waals surface area contributed by atoms with Crippen molar-refractivity contribution in [3.05, 3.63) is 54.1 Å². The minimum absolute atomic E-state index is 0.0694. The molecule has 2 aliphatic heterocycles. The Morgan fingerprint density at radius 3 is 3.08 bits per heavy atom. The van der Waals surface area contributed by atoms with Crippen LogP contribution in [0.25, 0.3) is 16.8 Å². The zero-order valence-corrected chi connectivity index (χ0v) is 14.4. The van der Waals surface area contributed by atoms with Crippen LogP contribution in [0.4, 0.5) is 0 Å². The maximum atomic E-state index is 12.2. The number of hydrogen-bond donors (Lipinski definition) is 1. The van der Waals surface area contributed by atoms with Crippen LogP contribution < -0.4 is 5.32 Å². The zero-order chi connectivity index (χ0) is 17.1. The molecule has 2 unspecified atom stereocenters. The number of nitrogens with one attached hydrogen (secondary N) is 1. The van der Waals surface area contributed by atoms with Gasteiger partial charge < -0.3 is 10.1 Å². The minimum atomic E-state index is -0.0694. The Kier molecular flexibility index (Phi) is 4.81. The van der Waals surface area contributed by atoms with Gasteiger partial charge in [-0.2, -0.15) is 0 Å². The first-order valence-electron chi connectivity index (χ1n) is 9.09. The Bertz CT molecular complexity index is 781. The second-order valence-electron chi connectivity index (χ2n) is 6.89. The van der Waals surface area contributed by atoms with Gasteiger partial charge in [-0.3, -0.25) is 9.69 Å². The van der Waals surface area contributed by atoms with Crippen LogP contribution >= 0.6 is 0 Å². The van der Waals surface area contributed by atoms with E-state index in [9.17, 15) is 4.79 Å². The van der Waals surface area contributed by atoms with Crippen molar-refractivity contribution in [2.75, 3.05) is 26.2 Å². The normalized spacial score (nSPS) is 23.8. The number of hydrogen-bond acceptors (Lipinski definition) is 3. The van der Waals surface area contributed by atoms with E-state index in [4.69, 9.17) is 4.74 Å². The lowest BCUT2D eigenvalue weighted by atomic mass is 10.0. The molecule has 4 rings (SSSR count). The van der Waals surface area contributed by atoms with Crippen molar-refractivity contribution in [1.82, 2.24) is 10.2 Å². The van der Waals surface area contributed by atoms with Crippen molar-refractivity contribution in [2.24, 2.45) is 0 Å². The largest absolute Gasteiger partial charge is 0.373 e.